The van der Waals surface area contributed by atoms with Gasteiger partial charge in [-0.3, -0.25) is 0 Å². The van der Waals surface area contributed by atoms with E-state index in [0.29, 0.717) is 6.54 Å². The van der Waals surface area contributed by atoms with Gasteiger partial charge < -0.3 is 15.5 Å². The van der Waals surface area contributed by atoms with Crippen molar-refractivity contribution >= 4 is 0 Å². The molecular formula is C15H25NO2. The molecule has 0 aliphatic heterocycles. The number of nitrogens with one attached hydrogen (secondary N) is 1. The summed E-state index contributed by atoms with van der Waals surface area (Å²) in [5.41, 5.74) is 3.88. The first-order valence-electron chi connectivity index (χ1n) is 6.44. The van der Waals surface area contributed by atoms with Gasteiger partial charge in [-0.05, 0) is 25.0 Å². The van der Waals surface area contributed by atoms with Gasteiger partial charge in [0, 0.05) is 18.5 Å². The Kier molecular flexibility index (Phi) is 5.32. The molecule has 1 rings (SSSR count). The van der Waals surface area contributed by atoms with Crippen molar-refractivity contribution in [2.45, 2.75) is 39.2 Å². The van der Waals surface area contributed by atoms with Crippen LogP contribution in [0.1, 0.15) is 30.5 Å². The molecule has 0 saturated heterocycles. The molecule has 102 valence electrons. The summed E-state index contributed by atoms with van der Waals surface area (Å²) in [4.78, 5) is 0. The standard InChI is InChI=1S/C15H25NO2/c1-11-5-6-12(2)14(7-11)15(3,4)10-16-8-13(18)9-17/h5-7,13,16-18H,8-10H2,1-4H3. The Morgan fingerprint density at radius 3 is 2.56 bits per heavy atom. The molecule has 3 nitrogen and oxygen atoms in total. The van der Waals surface area contributed by atoms with Crippen LogP contribution >= 0.6 is 0 Å². The van der Waals surface area contributed by atoms with E-state index < -0.39 is 6.10 Å². The maximum Gasteiger partial charge on any atom is 0.0894 e. The van der Waals surface area contributed by atoms with Crippen molar-refractivity contribution in [3.63, 3.8) is 0 Å². The smallest absolute Gasteiger partial charge is 0.0894 e. The van der Waals surface area contributed by atoms with Crippen LogP contribution in [0.5, 0.6) is 0 Å². The molecule has 0 amide bonds. The second-order valence-electron chi connectivity index (χ2n) is 5.67. The van der Waals surface area contributed by atoms with Crippen LogP contribution in [0.2, 0.25) is 0 Å². The maximum absolute atomic E-state index is 9.31. The van der Waals surface area contributed by atoms with E-state index in [1.54, 1.807) is 0 Å². The van der Waals surface area contributed by atoms with Crippen molar-refractivity contribution in [1.82, 2.24) is 5.32 Å². The van der Waals surface area contributed by atoms with Crippen LogP contribution in [0, 0.1) is 13.8 Å². The zero-order valence-corrected chi connectivity index (χ0v) is 11.8. The lowest BCUT2D eigenvalue weighted by atomic mass is 9.81. The van der Waals surface area contributed by atoms with E-state index in [1.807, 2.05) is 0 Å². The lowest BCUT2D eigenvalue weighted by Gasteiger charge is -2.28. The van der Waals surface area contributed by atoms with E-state index >= 15 is 0 Å². The summed E-state index contributed by atoms with van der Waals surface area (Å²) in [6.45, 7) is 9.59. The molecular weight excluding hydrogens is 226 g/mol. The van der Waals surface area contributed by atoms with Gasteiger partial charge in [0.25, 0.3) is 0 Å². The van der Waals surface area contributed by atoms with Gasteiger partial charge in [0.1, 0.15) is 0 Å². The minimum absolute atomic E-state index is 0.00524. The molecule has 1 aromatic rings. The van der Waals surface area contributed by atoms with Crippen LogP contribution in [-0.2, 0) is 5.41 Å². The first-order chi connectivity index (χ1) is 8.36. The second kappa shape index (κ2) is 6.32. The summed E-state index contributed by atoms with van der Waals surface area (Å²) in [6, 6.07) is 6.49. The maximum atomic E-state index is 9.31. The summed E-state index contributed by atoms with van der Waals surface area (Å²) >= 11 is 0. The molecule has 1 aromatic carbocycles. The summed E-state index contributed by atoms with van der Waals surface area (Å²) in [5, 5.41) is 21.3. The molecule has 1 unspecified atom stereocenters. The van der Waals surface area contributed by atoms with Crippen molar-refractivity contribution in [3.05, 3.63) is 34.9 Å². The van der Waals surface area contributed by atoms with Crippen LogP contribution in [0.25, 0.3) is 0 Å². The van der Waals surface area contributed by atoms with Gasteiger partial charge in [-0.15, -0.1) is 0 Å². The van der Waals surface area contributed by atoms with Crippen molar-refractivity contribution in [1.29, 1.82) is 0 Å². The molecule has 0 aromatic heterocycles. The zero-order chi connectivity index (χ0) is 13.8. The highest BCUT2D eigenvalue weighted by Crippen LogP contribution is 2.26. The minimum Gasteiger partial charge on any atom is -0.394 e. The number of aryl methyl sites for hydroxylation is 2. The third-order valence-corrected chi connectivity index (χ3v) is 3.28. The first kappa shape index (κ1) is 15.2. The van der Waals surface area contributed by atoms with Gasteiger partial charge in [-0.25, -0.2) is 0 Å². The molecule has 0 aliphatic rings. The Morgan fingerprint density at radius 1 is 1.28 bits per heavy atom. The fourth-order valence-corrected chi connectivity index (χ4v) is 2.18. The summed E-state index contributed by atoms with van der Waals surface area (Å²) in [6.07, 6.45) is -0.681. The Bertz CT molecular complexity index is 388. The van der Waals surface area contributed by atoms with Gasteiger partial charge in [-0.1, -0.05) is 37.6 Å². The van der Waals surface area contributed by atoms with Crippen molar-refractivity contribution < 1.29 is 10.2 Å². The van der Waals surface area contributed by atoms with Crippen molar-refractivity contribution in [3.8, 4) is 0 Å². The normalized spacial score (nSPS) is 13.7. The zero-order valence-electron chi connectivity index (χ0n) is 11.8. The molecule has 0 radical (unpaired) electrons. The van der Waals surface area contributed by atoms with Gasteiger partial charge >= 0.3 is 0 Å². The average Bonchev–Trinajstić information content (AvgIpc) is 2.31. The van der Waals surface area contributed by atoms with E-state index in [9.17, 15) is 5.11 Å². The quantitative estimate of drug-likeness (QED) is 0.718. The molecule has 0 saturated carbocycles. The topological polar surface area (TPSA) is 52.5 Å². The first-order valence-corrected chi connectivity index (χ1v) is 6.44. The number of aliphatic hydroxyl groups is 2. The molecule has 0 aliphatic carbocycles. The molecule has 18 heavy (non-hydrogen) atoms. The minimum atomic E-state index is -0.681. The van der Waals surface area contributed by atoms with Crippen LogP contribution in [0.15, 0.2) is 18.2 Å². The Hall–Kier alpha value is -0.900. The highest BCUT2D eigenvalue weighted by Gasteiger charge is 2.22. The van der Waals surface area contributed by atoms with Crippen molar-refractivity contribution in [2.75, 3.05) is 19.7 Å². The summed E-state index contributed by atoms with van der Waals surface area (Å²) in [5.74, 6) is 0. The molecule has 0 bridgehead atoms. The van der Waals surface area contributed by atoms with Gasteiger partial charge in [-0.2, -0.15) is 0 Å². The second-order valence-corrected chi connectivity index (χ2v) is 5.67. The molecule has 1 atom stereocenters. The van der Waals surface area contributed by atoms with Crippen LogP contribution in [0.3, 0.4) is 0 Å². The van der Waals surface area contributed by atoms with Crippen molar-refractivity contribution in [2.24, 2.45) is 0 Å². The number of benzene rings is 1. The van der Waals surface area contributed by atoms with E-state index in [4.69, 9.17) is 5.11 Å². The van der Waals surface area contributed by atoms with Crippen LogP contribution < -0.4 is 5.32 Å². The third kappa shape index (κ3) is 4.09. The van der Waals surface area contributed by atoms with E-state index in [1.165, 1.54) is 16.7 Å². The molecule has 0 fully saturated rings. The lowest BCUT2D eigenvalue weighted by Crippen LogP contribution is -2.38. The monoisotopic (exact) mass is 251 g/mol. The fraction of sp³-hybridized carbons (Fsp3) is 0.600. The molecule has 0 heterocycles. The van der Waals surface area contributed by atoms with E-state index in [2.05, 4.69) is 51.2 Å². The van der Waals surface area contributed by atoms with Crippen LogP contribution in [-0.4, -0.2) is 36.0 Å². The number of hydrogen-bond donors (Lipinski definition) is 3. The van der Waals surface area contributed by atoms with Crippen LogP contribution in [0.4, 0.5) is 0 Å². The van der Waals surface area contributed by atoms with E-state index in [-0.39, 0.29) is 12.0 Å². The molecule has 3 N–H and O–H groups in total. The summed E-state index contributed by atoms with van der Waals surface area (Å²) in [7, 11) is 0. The largest absolute Gasteiger partial charge is 0.394 e. The fourth-order valence-electron chi connectivity index (χ4n) is 2.18. The number of aliphatic hydroxyl groups excluding tert-OH is 2. The Morgan fingerprint density at radius 2 is 1.94 bits per heavy atom. The number of hydrogen-bond acceptors (Lipinski definition) is 3. The highest BCUT2D eigenvalue weighted by atomic mass is 16.3. The number of rotatable bonds is 6. The SMILES string of the molecule is Cc1ccc(C)c(C(C)(C)CNCC(O)CO)c1. The molecule has 3 heteroatoms. The lowest BCUT2D eigenvalue weighted by molar-refractivity contribution is 0.0934. The van der Waals surface area contributed by atoms with Gasteiger partial charge in [0.15, 0.2) is 0 Å². The van der Waals surface area contributed by atoms with Gasteiger partial charge in [0.2, 0.25) is 0 Å². The predicted octanol–water partition coefficient (Wildman–Crippen LogP) is 1.52. The van der Waals surface area contributed by atoms with E-state index in [0.717, 1.165) is 6.54 Å². The van der Waals surface area contributed by atoms with Gasteiger partial charge in [0.05, 0.1) is 12.7 Å². The predicted molar refractivity (Wildman–Crippen MR) is 74.9 cm³/mol. The molecule has 0 spiro atoms. The summed E-state index contributed by atoms with van der Waals surface area (Å²) < 4.78 is 0. The highest BCUT2D eigenvalue weighted by molar-refractivity contribution is 5.36. The average molecular weight is 251 g/mol. The Balaban J connectivity index is 2.70. The third-order valence-electron chi connectivity index (χ3n) is 3.28. The Labute approximate surface area is 110 Å².